The highest BCUT2D eigenvalue weighted by Gasteiger charge is 2.15. The molecule has 24 heavy (non-hydrogen) atoms. The van der Waals surface area contributed by atoms with Gasteiger partial charge in [-0.05, 0) is 54.0 Å². The summed E-state index contributed by atoms with van der Waals surface area (Å²) in [6.45, 7) is 4.15. The molecule has 0 bridgehead atoms. The molecule has 0 aliphatic carbocycles. The fraction of sp³-hybridized carbons (Fsp3) is 0.235. The fourth-order valence-electron chi connectivity index (χ4n) is 1.97. The lowest BCUT2D eigenvalue weighted by atomic mass is 10.2. The highest BCUT2D eigenvalue weighted by Crippen LogP contribution is 2.36. The zero-order valence-electron chi connectivity index (χ0n) is 13.7. The first kappa shape index (κ1) is 17.9. The Balaban J connectivity index is 2.19. The lowest BCUT2D eigenvalue weighted by Crippen LogP contribution is -2.19. The Kier molecular flexibility index (Phi) is 6.31. The number of hydrogen-bond acceptors (Lipinski definition) is 5. The average Bonchev–Trinajstić information content (AvgIpc) is 2.61. The van der Waals surface area contributed by atoms with Gasteiger partial charge in [0.05, 0.1) is 29.6 Å². The minimum absolute atomic E-state index is 0.354. The maximum Gasteiger partial charge on any atom is 0.271 e. The fourth-order valence-corrected chi connectivity index (χ4v) is 2.53. The number of hydrazone groups is 1. The van der Waals surface area contributed by atoms with Crippen LogP contribution in [0.3, 0.4) is 0 Å². The van der Waals surface area contributed by atoms with Gasteiger partial charge in [-0.2, -0.15) is 5.10 Å². The van der Waals surface area contributed by atoms with E-state index in [1.165, 1.54) is 7.11 Å². The molecule has 0 saturated heterocycles. The van der Waals surface area contributed by atoms with Crippen molar-refractivity contribution in [2.24, 2.45) is 5.10 Å². The summed E-state index contributed by atoms with van der Waals surface area (Å²) >= 11 is 3.39. The molecule has 0 unspecified atom stereocenters. The number of benzene rings is 1. The number of carbonyl (C=O) groups excluding carboxylic acids is 1. The van der Waals surface area contributed by atoms with Crippen molar-refractivity contribution in [2.75, 3.05) is 13.7 Å². The quantitative estimate of drug-likeness (QED) is 0.604. The van der Waals surface area contributed by atoms with Gasteiger partial charge in [0.1, 0.15) is 0 Å². The van der Waals surface area contributed by atoms with Crippen molar-refractivity contribution in [2.45, 2.75) is 13.8 Å². The predicted octanol–water partition coefficient (Wildman–Crippen LogP) is 3.41. The van der Waals surface area contributed by atoms with Gasteiger partial charge < -0.3 is 9.47 Å². The molecule has 0 atom stereocenters. The summed E-state index contributed by atoms with van der Waals surface area (Å²) < 4.78 is 11.4. The number of halogens is 1. The Morgan fingerprint density at radius 1 is 1.38 bits per heavy atom. The van der Waals surface area contributed by atoms with E-state index in [1.54, 1.807) is 25.3 Å². The number of rotatable bonds is 6. The average molecular weight is 392 g/mol. The molecule has 7 heteroatoms. The summed E-state index contributed by atoms with van der Waals surface area (Å²) in [7, 11) is 1.52. The van der Waals surface area contributed by atoms with E-state index < -0.39 is 0 Å². The molecule has 0 fully saturated rings. The van der Waals surface area contributed by atoms with Crippen molar-refractivity contribution in [1.29, 1.82) is 0 Å². The van der Waals surface area contributed by atoms with Gasteiger partial charge in [0.25, 0.3) is 5.91 Å². The zero-order valence-corrected chi connectivity index (χ0v) is 15.3. The molecular formula is C17H18BrN3O3. The molecule has 1 aromatic carbocycles. The van der Waals surface area contributed by atoms with Gasteiger partial charge in [-0.25, -0.2) is 5.43 Å². The van der Waals surface area contributed by atoms with Crippen molar-refractivity contribution in [1.82, 2.24) is 10.4 Å². The van der Waals surface area contributed by atoms with Crippen LogP contribution < -0.4 is 14.9 Å². The van der Waals surface area contributed by atoms with E-state index in [0.717, 1.165) is 0 Å². The minimum Gasteiger partial charge on any atom is -0.493 e. The second-order valence-corrected chi connectivity index (χ2v) is 5.63. The molecule has 0 spiro atoms. The largest absolute Gasteiger partial charge is 0.493 e. The molecule has 0 saturated carbocycles. The van der Waals surface area contributed by atoms with Crippen LogP contribution in [0.1, 0.15) is 29.9 Å². The number of amides is 1. The topological polar surface area (TPSA) is 72.8 Å². The maximum atomic E-state index is 12.3. The molecule has 1 aromatic heterocycles. The van der Waals surface area contributed by atoms with E-state index in [9.17, 15) is 4.79 Å². The second kappa shape index (κ2) is 8.44. The van der Waals surface area contributed by atoms with Crippen LogP contribution in [-0.2, 0) is 0 Å². The lowest BCUT2D eigenvalue weighted by Gasteiger charge is -2.12. The van der Waals surface area contributed by atoms with Gasteiger partial charge in [-0.15, -0.1) is 0 Å². The van der Waals surface area contributed by atoms with E-state index in [2.05, 4.69) is 31.4 Å². The van der Waals surface area contributed by atoms with Crippen molar-refractivity contribution in [3.63, 3.8) is 0 Å². The van der Waals surface area contributed by atoms with Gasteiger partial charge in [-0.3, -0.25) is 9.78 Å². The number of aromatic nitrogens is 1. The summed E-state index contributed by atoms with van der Waals surface area (Å²) in [4.78, 5) is 16.5. The predicted molar refractivity (Wildman–Crippen MR) is 95.8 cm³/mol. The Morgan fingerprint density at radius 2 is 2.17 bits per heavy atom. The monoisotopic (exact) mass is 391 g/mol. The molecule has 6 nitrogen and oxygen atoms in total. The van der Waals surface area contributed by atoms with E-state index in [4.69, 9.17) is 9.47 Å². The van der Waals surface area contributed by atoms with Crippen LogP contribution in [0.25, 0.3) is 0 Å². The van der Waals surface area contributed by atoms with Gasteiger partial charge in [0, 0.05) is 11.8 Å². The molecule has 2 aromatic rings. The highest BCUT2D eigenvalue weighted by molar-refractivity contribution is 9.10. The highest BCUT2D eigenvalue weighted by atomic mass is 79.9. The second-order valence-electron chi connectivity index (χ2n) is 4.78. The van der Waals surface area contributed by atoms with Crippen LogP contribution in [0.15, 0.2) is 46.1 Å². The minimum atomic E-state index is -0.354. The molecular weight excluding hydrogens is 374 g/mol. The van der Waals surface area contributed by atoms with Crippen molar-refractivity contribution in [3.8, 4) is 11.5 Å². The Labute approximate surface area is 149 Å². The van der Waals surface area contributed by atoms with Crippen LogP contribution >= 0.6 is 15.9 Å². The summed E-state index contributed by atoms with van der Waals surface area (Å²) in [6, 6.07) is 8.77. The summed E-state index contributed by atoms with van der Waals surface area (Å²) in [6.07, 6.45) is 1.67. The first-order valence-corrected chi connectivity index (χ1v) is 8.12. The smallest absolute Gasteiger partial charge is 0.271 e. The molecule has 0 radical (unpaired) electrons. The SMILES string of the molecule is CCOc1c(Br)cc(C(=O)N/N=C(/C)c2ccccn2)cc1OC. The summed E-state index contributed by atoms with van der Waals surface area (Å²) in [5, 5.41) is 4.08. The molecule has 0 aliphatic rings. The van der Waals surface area contributed by atoms with Crippen molar-refractivity contribution >= 4 is 27.5 Å². The molecule has 2 rings (SSSR count). The van der Waals surface area contributed by atoms with Crippen LogP contribution in [0, 0.1) is 0 Å². The zero-order chi connectivity index (χ0) is 17.5. The molecule has 0 aliphatic heterocycles. The molecule has 1 heterocycles. The van der Waals surface area contributed by atoms with Gasteiger partial charge >= 0.3 is 0 Å². The number of ether oxygens (including phenoxy) is 2. The van der Waals surface area contributed by atoms with E-state index in [-0.39, 0.29) is 5.91 Å². The molecule has 1 N–H and O–H groups in total. The van der Waals surface area contributed by atoms with Crippen molar-refractivity contribution in [3.05, 3.63) is 52.3 Å². The van der Waals surface area contributed by atoms with E-state index in [0.29, 0.717) is 39.5 Å². The lowest BCUT2D eigenvalue weighted by molar-refractivity contribution is 0.0954. The van der Waals surface area contributed by atoms with Crippen LogP contribution in [0.5, 0.6) is 11.5 Å². The molecule has 126 valence electrons. The van der Waals surface area contributed by atoms with E-state index >= 15 is 0 Å². The third kappa shape index (κ3) is 4.32. The number of nitrogens with zero attached hydrogens (tertiary/aromatic N) is 2. The van der Waals surface area contributed by atoms with Crippen molar-refractivity contribution < 1.29 is 14.3 Å². The summed E-state index contributed by atoms with van der Waals surface area (Å²) in [5.74, 6) is 0.679. The number of methoxy groups -OCH3 is 1. The van der Waals surface area contributed by atoms with Gasteiger partial charge in [0.15, 0.2) is 11.5 Å². The Hall–Kier alpha value is -2.41. The standard InChI is InChI=1S/C17H18BrN3O3/c1-4-24-16-13(18)9-12(10-15(16)23-3)17(22)21-20-11(2)14-7-5-6-8-19-14/h5-10H,4H2,1-3H3,(H,21,22)/b20-11-. The maximum absolute atomic E-state index is 12.3. The van der Waals surface area contributed by atoms with Gasteiger partial charge in [-0.1, -0.05) is 6.07 Å². The third-order valence-electron chi connectivity index (χ3n) is 3.14. The van der Waals surface area contributed by atoms with Gasteiger partial charge in [0.2, 0.25) is 0 Å². The molecule has 1 amide bonds. The first-order chi connectivity index (χ1) is 11.6. The Morgan fingerprint density at radius 3 is 2.79 bits per heavy atom. The number of nitrogens with one attached hydrogen (secondary N) is 1. The van der Waals surface area contributed by atoms with Crippen LogP contribution in [0.4, 0.5) is 0 Å². The van der Waals surface area contributed by atoms with Crippen LogP contribution in [-0.4, -0.2) is 30.3 Å². The number of hydrogen-bond donors (Lipinski definition) is 1. The summed E-state index contributed by atoms with van der Waals surface area (Å²) in [5.41, 5.74) is 4.23. The van der Waals surface area contributed by atoms with E-state index in [1.807, 2.05) is 25.1 Å². The number of carbonyl (C=O) groups is 1. The third-order valence-corrected chi connectivity index (χ3v) is 3.73. The Bertz CT molecular complexity index is 748. The number of pyridine rings is 1. The normalized spacial score (nSPS) is 11.1. The van der Waals surface area contributed by atoms with Crippen LogP contribution in [0.2, 0.25) is 0 Å². The first-order valence-electron chi connectivity index (χ1n) is 7.33.